The Morgan fingerprint density at radius 2 is 0.433 bits per heavy atom. The Labute approximate surface area is 611 Å². The molecule has 0 bridgehead atoms. The Hall–Kier alpha value is -12.8. The van der Waals surface area contributed by atoms with Crippen LogP contribution in [0.3, 0.4) is 0 Å². The first-order chi connectivity index (χ1) is 50.8. The summed E-state index contributed by atoms with van der Waals surface area (Å²) in [5, 5.41) is 0. The Morgan fingerprint density at radius 1 is 0.183 bits per heavy atom. The van der Waals surface area contributed by atoms with E-state index in [9.17, 15) is 0 Å². The van der Waals surface area contributed by atoms with Gasteiger partial charge in [-0.1, -0.05) is 308 Å². The Morgan fingerprint density at radius 3 is 0.779 bits per heavy atom. The third-order valence-corrected chi connectivity index (χ3v) is 19.9. The molecule has 104 heavy (non-hydrogen) atoms. The van der Waals surface area contributed by atoms with Crippen LogP contribution in [0.4, 0.5) is 0 Å². The number of hydrogen-bond acceptors (Lipinski definition) is 4. The molecule has 0 radical (unpaired) electrons. The van der Waals surface area contributed by atoms with Gasteiger partial charge in [-0.3, -0.25) is 0 Å². The summed E-state index contributed by atoms with van der Waals surface area (Å²) in [6.07, 6.45) is 0.764. The number of benzene rings is 14. The van der Waals surface area contributed by atoms with Crippen molar-refractivity contribution in [1.82, 2.24) is 19.9 Å². The van der Waals surface area contributed by atoms with Crippen LogP contribution in [0.2, 0.25) is 0 Å². The van der Waals surface area contributed by atoms with E-state index in [0.29, 0.717) is 11.6 Å². The molecule has 0 N–H and O–H groups in total. The molecule has 498 valence electrons. The van der Waals surface area contributed by atoms with Crippen LogP contribution in [-0.4, -0.2) is 19.9 Å². The summed E-state index contributed by atoms with van der Waals surface area (Å²) < 4.78 is 0. The van der Waals surface area contributed by atoms with Crippen molar-refractivity contribution in [1.29, 1.82) is 0 Å². The largest absolute Gasteiger partial charge is 0.228 e. The van der Waals surface area contributed by atoms with Crippen molar-refractivity contribution >= 4 is 0 Å². The molecule has 0 spiro atoms. The molecule has 0 aliphatic carbocycles. The smallest absolute Gasteiger partial charge is 0.160 e. The highest BCUT2D eigenvalue weighted by Gasteiger charge is 2.25. The molecule has 0 aliphatic rings. The quantitative estimate of drug-likeness (QED) is 0.0912. The molecule has 4 heteroatoms. The lowest BCUT2D eigenvalue weighted by Crippen LogP contribution is -2.20. The number of hydrogen-bond donors (Lipinski definition) is 0. The predicted octanol–water partition coefficient (Wildman–Crippen LogP) is 26.4. The first-order valence-corrected chi connectivity index (χ1v) is 35.9. The average Bonchev–Trinajstić information content (AvgIpc) is 0.777. The minimum Gasteiger partial charge on any atom is -0.228 e. The van der Waals surface area contributed by atoms with E-state index in [1.54, 1.807) is 0 Å². The second-order valence-electron chi connectivity index (χ2n) is 28.9. The van der Waals surface area contributed by atoms with Gasteiger partial charge in [-0.05, 0) is 220 Å². The molecule has 14 aromatic carbocycles. The summed E-state index contributed by atoms with van der Waals surface area (Å²) in [5.74, 6) is 1.31. The summed E-state index contributed by atoms with van der Waals surface area (Å²) in [7, 11) is 0. The fourth-order valence-electron chi connectivity index (χ4n) is 14.3. The van der Waals surface area contributed by atoms with Gasteiger partial charge in [-0.2, -0.15) is 0 Å². The van der Waals surface area contributed by atoms with Gasteiger partial charge < -0.3 is 0 Å². The molecule has 16 rings (SSSR count). The molecule has 16 aromatic rings. The Kier molecular flexibility index (Phi) is 18.2. The summed E-state index contributed by atoms with van der Waals surface area (Å²) in [6, 6.07) is 133. The summed E-state index contributed by atoms with van der Waals surface area (Å²) in [6.45, 7) is 11.5. The van der Waals surface area contributed by atoms with Crippen molar-refractivity contribution in [3.63, 3.8) is 0 Å². The van der Waals surface area contributed by atoms with Gasteiger partial charge in [0.15, 0.2) is 11.6 Å². The normalized spacial score (nSPS) is 11.5. The highest BCUT2D eigenvalue weighted by molar-refractivity contribution is 5.88. The zero-order chi connectivity index (χ0) is 70.6. The first-order valence-electron chi connectivity index (χ1n) is 35.9. The fourth-order valence-corrected chi connectivity index (χ4v) is 14.3. The Bertz CT molecular complexity index is 5410. The minimum absolute atomic E-state index is 0.0694. The van der Waals surface area contributed by atoms with Gasteiger partial charge >= 0.3 is 0 Å². The highest BCUT2D eigenvalue weighted by Crippen LogP contribution is 2.42. The maximum Gasteiger partial charge on any atom is 0.160 e. The van der Waals surface area contributed by atoms with E-state index in [-0.39, 0.29) is 10.8 Å². The SMILES string of the molecule is CC(C)(C)c1cccc(-c2cc(-c3cc(-c4ccccc4)cc(-c4ccccc4)c3)nc(-c3cc(-c4ccccc4)cc(-c4cccc(CC(C)(C)c5cccc(-c6nc(-c7cc(-c8ccccc8)cc(-c8ccccc8)c7)cc(-c7cc(-c8ccccc8)cc(-c8ccccc8)c7)n6)c5)c4)c3)n2)c1. The molecule has 0 saturated carbocycles. The lowest BCUT2D eigenvalue weighted by atomic mass is 9.78. The molecule has 2 aromatic heterocycles. The van der Waals surface area contributed by atoms with E-state index in [1.165, 1.54) is 16.7 Å². The van der Waals surface area contributed by atoms with Crippen molar-refractivity contribution < 1.29 is 0 Å². The van der Waals surface area contributed by atoms with Crippen LogP contribution >= 0.6 is 0 Å². The van der Waals surface area contributed by atoms with Gasteiger partial charge in [0.2, 0.25) is 0 Å². The third kappa shape index (κ3) is 14.6. The van der Waals surface area contributed by atoms with E-state index in [4.69, 9.17) is 19.9 Å². The van der Waals surface area contributed by atoms with Gasteiger partial charge in [-0.15, -0.1) is 0 Å². The van der Waals surface area contributed by atoms with Crippen LogP contribution in [0.1, 0.15) is 51.3 Å². The molecule has 0 saturated heterocycles. The number of nitrogens with zero attached hydrogens (tertiary/aromatic N) is 4. The molecular formula is C100H78N4. The zero-order valence-corrected chi connectivity index (χ0v) is 59.2. The van der Waals surface area contributed by atoms with Gasteiger partial charge in [0, 0.05) is 33.4 Å². The molecular weight excluding hydrogens is 1260 g/mol. The van der Waals surface area contributed by atoms with E-state index in [1.807, 2.05) is 0 Å². The summed E-state index contributed by atoms with van der Waals surface area (Å²) in [5.41, 5.74) is 30.5. The van der Waals surface area contributed by atoms with Gasteiger partial charge in [0.1, 0.15) is 0 Å². The van der Waals surface area contributed by atoms with E-state index in [2.05, 4.69) is 405 Å². The molecule has 0 amide bonds. The second-order valence-corrected chi connectivity index (χ2v) is 28.9. The van der Waals surface area contributed by atoms with Crippen molar-refractivity contribution in [3.8, 4) is 157 Å². The minimum atomic E-state index is -0.331. The lowest BCUT2D eigenvalue weighted by molar-refractivity contribution is 0.522. The molecule has 0 atom stereocenters. The second kappa shape index (κ2) is 28.7. The molecule has 0 aliphatic heterocycles. The third-order valence-electron chi connectivity index (χ3n) is 19.9. The van der Waals surface area contributed by atoms with E-state index in [0.717, 1.165) is 152 Å². The standard InChI is InChI=1S/C100H78N4/c1-99(2,3)91-48-28-46-77(63-91)93-65-94(87-55-79(69-31-13-6-14-32-69)51-80(56-87)70-33-15-7-16-34-70)104-98(101-93)90-61-85(75-43-25-12-26-44-75)54-86(62-90)76-45-27-30-68(50-76)67-100(4,5)92-49-29-47-78(64-92)97-102-95(88-57-81(71-35-17-8-18-36-71)52-82(58-88)72-37-19-9-20-38-72)66-96(103-97)89-59-83(73-39-21-10-22-40-73)53-84(60-89)74-41-23-11-24-42-74/h6-66H,67H2,1-5H3. The van der Waals surface area contributed by atoms with Crippen molar-refractivity contribution in [3.05, 3.63) is 387 Å². The first kappa shape index (κ1) is 65.8. The van der Waals surface area contributed by atoms with Crippen LogP contribution in [0.15, 0.2) is 370 Å². The topological polar surface area (TPSA) is 51.6 Å². The van der Waals surface area contributed by atoms with Crippen molar-refractivity contribution in [2.75, 3.05) is 0 Å². The van der Waals surface area contributed by atoms with E-state index < -0.39 is 0 Å². The lowest BCUT2D eigenvalue weighted by Gasteiger charge is -2.26. The van der Waals surface area contributed by atoms with Crippen LogP contribution in [0, 0.1) is 0 Å². The predicted molar refractivity (Wildman–Crippen MR) is 436 cm³/mol. The summed E-state index contributed by atoms with van der Waals surface area (Å²) in [4.78, 5) is 22.4. The van der Waals surface area contributed by atoms with Crippen molar-refractivity contribution in [2.45, 2.75) is 51.9 Å². The number of aromatic nitrogens is 4. The van der Waals surface area contributed by atoms with Crippen LogP contribution in [0.5, 0.6) is 0 Å². The van der Waals surface area contributed by atoms with Crippen LogP contribution in [-0.2, 0) is 17.3 Å². The molecule has 4 nitrogen and oxygen atoms in total. The maximum atomic E-state index is 5.62. The van der Waals surface area contributed by atoms with Crippen LogP contribution < -0.4 is 0 Å². The monoisotopic (exact) mass is 1330 g/mol. The zero-order valence-electron chi connectivity index (χ0n) is 59.2. The van der Waals surface area contributed by atoms with Crippen molar-refractivity contribution in [2.24, 2.45) is 0 Å². The molecule has 2 heterocycles. The molecule has 0 unspecified atom stereocenters. The Balaban J connectivity index is 0.796. The van der Waals surface area contributed by atoms with E-state index >= 15 is 0 Å². The van der Waals surface area contributed by atoms with Gasteiger partial charge in [0.25, 0.3) is 0 Å². The average molecular weight is 1340 g/mol. The van der Waals surface area contributed by atoms with Crippen LogP contribution in [0.25, 0.3) is 157 Å². The van der Waals surface area contributed by atoms with Gasteiger partial charge in [-0.25, -0.2) is 19.9 Å². The fraction of sp³-hybridized carbons (Fsp3) is 0.0800. The maximum absolute atomic E-state index is 5.62. The number of rotatable bonds is 17. The highest BCUT2D eigenvalue weighted by atomic mass is 14.9. The summed E-state index contributed by atoms with van der Waals surface area (Å²) >= 11 is 0. The molecule has 0 fully saturated rings. The van der Waals surface area contributed by atoms with Gasteiger partial charge in [0.05, 0.1) is 22.8 Å².